The van der Waals surface area contributed by atoms with Crippen LogP contribution in [0.15, 0.2) is 0 Å². The van der Waals surface area contributed by atoms with Gasteiger partial charge in [0.15, 0.2) is 0 Å². The minimum Gasteiger partial charge on any atom is -0.327 e. The SMILES string of the molecule is C[Si](C)(C)[CH-][Si](C)(C)C.C[Si](C)(C)[CH-][Si](C)(C)C.C[Si](C)(C)[CH-][Si](C)(C)C.[Lu+3]. The van der Waals surface area contributed by atoms with E-state index in [0.29, 0.717) is 0 Å². The Kier molecular flexibility index (Phi) is 18.8. The van der Waals surface area contributed by atoms with Gasteiger partial charge in [0.2, 0.25) is 0 Å². The monoisotopic (exact) mass is 652 g/mol. The Morgan fingerprint density at radius 3 is 0.321 bits per heavy atom. The van der Waals surface area contributed by atoms with E-state index in [4.69, 9.17) is 0 Å². The van der Waals surface area contributed by atoms with Crippen molar-refractivity contribution in [1.82, 2.24) is 0 Å². The Morgan fingerprint density at radius 1 is 0.250 bits per heavy atom. The summed E-state index contributed by atoms with van der Waals surface area (Å²) in [6.07, 6.45) is 0. The molecule has 0 aliphatic rings. The second-order valence-corrected chi connectivity index (χ2v) is 46.5. The molecular formula is C21H57LuSi6. The summed E-state index contributed by atoms with van der Waals surface area (Å²) in [6.45, 7) is 43.3. The van der Waals surface area contributed by atoms with Crippen LogP contribution in [0.3, 0.4) is 0 Å². The molecule has 0 atom stereocenters. The average Bonchev–Trinajstić information content (AvgIpc) is 1.96. The van der Waals surface area contributed by atoms with Crippen molar-refractivity contribution in [3.05, 3.63) is 17.0 Å². The molecule has 0 aliphatic carbocycles. The Hall–Kier alpha value is 2.54. The van der Waals surface area contributed by atoms with E-state index < -0.39 is 48.4 Å². The van der Waals surface area contributed by atoms with Gasteiger partial charge in [-0.05, 0) is 0 Å². The quantitative estimate of drug-likeness (QED) is 0.199. The van der Waals surface area contributed by atoms with E-state index in [2.05, 4.69) is 135 Å². The van der Waals surface area contributed by atoms with Gasteiger partial charge in [-0.3, -0.25) is 0 Å². The normalized spacial score (nSPS) is 13.5. The van der Waals surface area contributed by atoms with Crippen LogP contribution in [-0.4, -0.2) is 48.4 Å². The van der Waals surface area contributed by atoms with Gasteiger partial charge in [-0.2, -0.15) is 0 Å². The van der Waals surface area contributed by atoms with Gasteiger partial charge in [0, 0.05) is 0 Å². The van der Waals surface area contributed by atoms with Gasteiger partial charge in [0.1, 0.15) is 0 Å². The van der Waals surface area contributed by atoms with Crippen LogP contribution in [0.1, 0.15) is 0 Å². The van der Waals surface area contributed by atoms with E-state index in [-0.39, 0.29) is 36.9 Å². The minimum atomic E-state index is -0.856. The smallest absolute Gasteiger partial charge is 0.327 e. The number of hydrogen-bond donors (Lipinski definition) is 0. The molecule has 0 amide bonds. The molecule has 0 heterocycles. The minimum absolute atomic E-state index is 0. The van der Waals surface area contributed by atoms with Crippen molar-refractivity contribution in [3.8, 4) is 0 Å². The van der Waals surface area contributed by atoms with E-state index in [1.807, 2.05) is 0 Å². The first-order valence-electron chi connectivity index (χ1n) is 10.7. The molecule has 0 saturated heterocycles. The summed E-state index contributed by atoms with van der Waals surface area (Å²) >= 11 is 0. The summed E-state index contributed by atoms with van der Waals surface area (Å²) in [5, 5.41) is 0. The van der Waals surface area contributed by atoms with Crippen LogP contribution >= 0.6 is 0 Å². The molecule has 0 saturated carbocycles. The van der Waals surface area contributed by atoms with Crippen molar-refractivity contribution in [1.29, 1.82) is 0 Å². The Morgan fingerprint density at radius 2 is 0.321 bits per heavy atom. The summed E-state index contributed by atoms with van der Waals surface area (Å²) in [5.41, 5.74) is 7.96. The third kappa shape index (κ3) is 51.3. The van der Waals surface area contributed by atoms with Crippen LogP contribution in [-0.2, 0) is 0 Å². The van der Waals surface area contributed by atoms with Gasteiger partial charge in [0.05, 0.1) is 0 Å². The zero-order chi connectivity index (χ0) is 23.1. The van der Waals surface area contributed by atoms with Crippen LogP contribution in [0.5, 0.6) is 0 Å². The molecule has 0 aromatic rings. The molecule has 0 radical (unpaired) electrons. The molecule has 0 nitrogen and oxygen atoms in total. The fourth-order valence-electron chi connectivity index (χ4n) is 3.90. The molecule has 0 fully saturated rings. The van der Waals surface area contributed by atoms with Crippen molar-refractivity contribution in [2.24, 2.45) is 0 Å². The fourth-order valence-corrected chi connectivity index (χ4v) is 35.1. The van der Waals surface area contributed by atoms with Gasteiger partial charge >= 0.3 is 36.9 Å². The van der Waals surface area contributed by atoms with Crippen LogP contribution in [0.2, 0.25) is 118 Å². The number of rotatable bonds is 6. The second-order valence-electron chi connectivity index (χ2n) is 14.6. The summed E-state index contributed by atoms with van der Waals surface area (Å²) in [7, 11) is -5.14. The molecule has 0 spiro atoms. The van der Waals surface area contributed by atoms with Gasteiger partial charge in [-0.1, -0.05) is 118 Å². The van der Waals surface area contributed by atoms with E-state index in [0.717, 1.165) is 0 Å². The van der Waals surface area contributed by atoms with Gasteiger partial charge < -0.3 is 17.0 Å². The Labute approximate surface area is 218 Å². The van der Waals surface area contributed by atoms with Crippen molar-refractivity contribution in [2.75, 3.05) is 0 Å². The van der Waals surface area contributed by atoms with Gasteiger partial charge in [-0.25, -0.2) is 0 Å². The van der Waals surface area contributed by atoms with Crippen LogP contribution < -0.4 is 0 Å². The second kappa shape index (κ2) is 13.9. The predicted octanol–water partition coefficient (Wildman–Crippen LogP) is 8.84. The molecule has 0 aromatic heterocycles. The summed E-state index contributed by atoms with van der Waals surface area (Å²) in [6, 6.07) is 0. The maximum Gasteiger partial charge on any atom is 3.00 e. The van der Waals surface area contributed by atoms with Crippen molar-refractivity contribution < 1.29 is 36.9 Å². The van der Waals surface area contributed by atoms with Crippen molar-refractivity contribution in [3.63, 3.8) is 0 Å². The first kappa shape index (κ1) is 37.8. The molecule has 28 heavy (non-hydrogen) atoms. The van der Waals surface area contributed by atoms with Gasteiger partial charge in [-0.15, -0.1) is 48.4 Å². The Balaban J connectivity index is -0.000000152. The molecule has 0 rings (SSSR count). The third-order valence-electron chi connectivity index (χ3n) is 2.60. The van der Waals surface area contributed by atoms with Crippen LogP contribution in [0.25, 0.3) is 0 Å². The standard InChI is InChI=1S/3C7H19Si2.Lu/c3*1-8(2,3)7-9(4,5)6;/h3*7H,1-6H3;/q3*-1;+3. The number of hydrogen-bond acceptors (Lipinski definition) is 0. The van der Waals surface area contributed by atoms with Crippen LogP contribution in [0, 0.1) is 53.9 Å². The maximum atomic E-state index is 2.65. The Bertz CT molecular complexity index is 284. The van der Waals surface area contributed by atoms with E-state index >= 15 is 0 Å². The first-order chi connectivity index (χ1) is 11.1. The molecule has 0 aromatic carbocycles. The molecular weight excluding hydrogens is 596 g/mol. The zero-order valence-corrected chi connectivity index (χ0v) is 30.6. The average molecular weight is 653 g/mol. The molecule has 0 bridgehead atoms. The zero-order valence-electron chi connectivity index (χ0n) is 23.0. The molecule has 7 heteroatoms. The third-order valence-corrected chi connectivity index (χ3v) is 23.4. The summed E-state index contributed by atoms with van der Waals surface area (Å²) < 4.78 is 0. The van der Waals surface area contributed by atoms with Crippen LogP contribution in [0.4, 0.5) is 0 Å². The fraction of sp³-hybridized carbons (Fsp3) is 0.857. The summed E-state index contributed by atoms with van der Waals surface area (Å²) in [5.74, 6) is 0. The van der Waals surface area contributed by atoms with E-state index in [1.165, 1.54) is 0 Å². The van der Waals surface area contributed by atoms with Crippen molar-refractivity contribution >= 4 is 48.4 Å². The maximum absolute atomic E-state index is 2.65. The van der Waals surface area contributed by atoms with Crippen molar-refractivity contribution in [2.45, 2.75) is 118 Å². The predicted molar refractivity (Wildman–Crippen MR) is 153 cm³/mol. The first-order valence-corrected chi connectivity index (χ1v) is 32.2. The molecule has 0 aliphatic heterocycles. The molecule has 0 unspecified atom stereocenters. The summed E-state index contributed by atoms with van der Waals surface area (Å²) in [4.78, 5) is 0. The largest absolute Gasteiger partial charge is 3.00 e. The van der Waals surface area contributed by atoms with E-state index in [1.54, 1.807) is 0 Å². The molecule has 0 N–H and O–H groups in total. The molecule has 180 valence electrons. The van der Waals surface area contributed by atoms with Gasteiger partial charge in [0.25, 0.3) is 0 Å². The topological polar surface area (TPSA) is 0 Å². The van der Waals surface area contributed by atoms with E-state index in [9.17, 15) is 0 Å².